The molecule has 0 amide bonds. The van der Waals surface area contributed by atoms with Crippen molar-refractivity contribution < 1.29 is 24.1 Å². The molecule has 1 heterocycles. The number of aliphatic hydroxyl groups is 1. The molecule has 0 fully saturated rings. The molecule has 1 aliphatic carbocycles. The third-order valence-corrected chi connectivity index (χ3v) is 8.00. The minimum Gasteiger partial charge on any atom is -0.507 e. The Morgan fingerprint density at radius 3 is 2.29 bits per heavy atom. The number of rotatable bonds is 6. The summed E-state index contributed by atoms with van der Waals surface area (Å²) in [6.45, 7) is 4.09. The molecule has 0 aromatic heterocycles. The number of halogens is 1. The van der Waals surface area contributed by atoms with Gasteiger partial charge in [0.2, 0.25) is 0 Å². The summed E-state index contributed by atoms with van der Waals surface area (Å²) in [7, 11) is 4.66. The lowest BCUT2D eigenvalue weighted by Gasteiger charge is -2.45. The van der Waals surface area contributed by atoms with Crippen molar-refractivity contribution in [2.24, 2.45) is 5.41 Å². The molecule has 0 bridgehead atoms. The molecular weight excluding hydrogens is 540 g/mol. The average Bonchev–Trinajstić information content (AvgIpc) is 2.96. The molecule has 0 saturated carbocycles. The number of anilines is 1. The van der Waals surface area contributed by atoms with Gasteiger partial charge in [0.15, 0.2) is 17.3 Å². The number of methoxy groups -OCH3 is 3. The number of aliphatic hydroxyl groups excluding tert-OH is 1. The van der Waals surface area contributed by atoms with Crippen molar-refractivity contribution in [1.82, 2.24) is 0 Å². The van der Waals surface area contributed by atoms with E-state index in [0.29, 0.717) is 63.2 Å². The first kappa shape index (κ1) is 28.3. The Hall–Kier alpha value is -4.23. The molecule has 2 aliphatic rings. The van der Waals surface area contributed by atoms with E-state index in [-0.39, 0.29) is 28.4 Å². The van der Waals surface area contributed by atoms with Gasteiger partial charge in [0.05, 0.1) is 38.0 Å². The lowest BCUT2D eigenvalue weighted by molar-refractivity contribution is -0.118. The lowest BCUT2D eigenvalue weighted by atomic mass is 9.67. The first-order valence-corrected chi connectivity index (χ1v) is 13.7. The van der Waals surface area contributed by atoms with Gasteiger partial charge in [0.25, 0.3) is 0 Å². The van der Waals surface area contributed by atoms with Gasteiger partial charge in [-0.05, 0) is 54.3 Å². The first-order valence-electron chi connectivity index (χ1n) is 13.3. The molecule has 1 atom stereocenters. The van der Waals surface area contributed by atoms with Crippen LogP contribution in [0.25, 0.3) is 5.76 Å². The quantitative estimate of drug-likeness (QED) is 0.296. The number of allylic oxidation sites excluding steroid dienone is 2. The second kappa shape index (κ2) is 11.0. The van der Waals surface area contributed by atoms with Crippen LogP contribution in [0.3, 0.4) is 0 Å². The second-order valence-corrected chi connectivity index (χ2v) is 11.4. The zero-order valence-corrected chi connectivity index (χ0v) is 24.5. The van der Waals surface area contributed by atoms with E-state index in [1.807, 2.05) is 44.2 Å². The van der Waals surface area contributed by atoms with E-state index in [0.717, 1.165) is 0 Å². The Balaban J connectivity index is 1.90. The standard InChI is InChI=1S/C33H33ClN2O5/c1-33(2)17-24-28(25(37)18-33)27(21-9-8-12-26(40-4)31(21)41-5)29(30(38)19-13-15-20(39-3)16-14-19)32(35)36(24)23-11-7-6-10-22(23)34/h6-16,27,35,38H,17-18H2,1-5H3/b30-29+,35-32?. The average molecular weight is 573 g/mol. The number of benzene rings is 3. The molecule has 3 aromatic rings. The Labute approximate surface area is 245 Å². The molecule has 212 valence electrons. The molecule has 3 aromatic carbocycles. The predicted octanol–water partition coefficient (Wildman–Crippen LogP) is 7.56. The number of para-hydroxylation sites is 2. The van der Waals surface area contributed by atoms with E-state index in [1.54, 1.807) is 62.6 Å². The van der Waals surface area contributed by atoms with E-state index < -0.39 is 5.92 Å². The fourth-order valence-electron chi connectivity index (χ4n) is 5.87. The first-order chi connectivity index (χ1) is 19.6. The van der Waals surface area contributed by atoms with Gasteiger partial charge in [0.1, 0.15) is 17.3 Å². The molecule has 0 spiro atoms. The summed E-state index contributed by atoms with van der Waals surface area (Å²) in [6, 6.07) is 19.6. The maximum Gasteiger partial charge on any atom is 0.164 e. The molecule has 8 heteroatoms. The largest absolute Gasteiger partial charge is 0.507 e. The number of ketones is 1. The number of hydrogen-bond donors (Lipinski definition) is 2. The number of nitrogens with zero attached hydrogens (tertiary/aromatic N) is 1. The van der Waals surface area contributed by atoms with Crippen molar-refractivity contribution >= 4 is 34.7 Å². The van der Waals surface area contributed by atoms with Crippen LogP contribution in [-0.2, 0) is 4.79 Å². The molecular formula is C33H33ClN2O5. The summed E-state index contributed by atoms with van der Waals surface area (Å²) in [6.07, 6.45) is 0.843. The predicted molar refractivity (Wildman–Crippen MR) is 162 cm³/mol. The van der Waals surface area contributed by atoms with Gasteiger partial charge in [-0.3, -0.25) is 15.1 Å². The van der Waals surface area contributed by atoms with Gasteiger partial charge < -0.3 is 19.3 Å². The normalized spacial score (nSPS) is 19.6. The number of ether oxygens (including phenoxy) is 3. The molecule has 7 nitrogen and oxygen atoms in total. The third-order valence-electron chi connectivity index (χ3n) is 7.68. The Kier molecular flexibility index (Phi) is 7.58. The number of hydrogen-bond acceptors (Lipinski definition) is 6. The number of Topliss-reactive ketones (excluding diaryl/α,β-unsaturated/α-hetero) is 1. The SMILES string of the molecule is COc1ccc(/C(O)=C2\C(=N)N(c3ccccc3Cl)C3=C(C(=O)CC(C)(C)C3)C2c2cccc(OC)c2OC)cc1. The summed E-state index contributed by atoms with van der Waals surface area (Å²) in [5.41, 5.74) is 2.75. The van der Waals surface area contributed by atoms with E-state index in [4.69, 9.17) is 25.8 Å². The summed E-state index contributed by atoms with van der Waals surface area (Å²) in [5, 5.41) is 22.0. The zero-order valence-electron chi connectivity index (χ0n) is 23.7. The van der Waals surface area contributed by atoms with Crippen LogP contribution < -0.4 is 19.1 Å². The molecule has 2 N–H and O–H groups in total. The maximum absolute atomic E-state index is 14.2. The van der Waals surface area contributed by atoms with Crippen LogP contribution in [0, 0.1) is 10.8 Å². The monoisotopic (exact) mass is 572 g/mol. The molecule has 5 rings (SSSR count). The topological polar surface area (TPSA) is 92.1 Å². The van der Waals surface area contributed by atoms with Crippen LogP contribution in [-0.4, -0.2) is 38.1 Å². The highest BCUT2D eigenvalue weighted by Crippen LogP contribution is 2.54. The van der Waals surface area contributed by atoms with E-state index in [9.17, 15) is 15.3 Å². The number of nitrogens with one attached hydrogen (secondary N) is 1. The summed E-state index contributed by atoms with van der Waals surface area (Å²) >= 11 is 6.71. The second-order valence-electron chi connectivity index (χ2n) is 10.9. The van der Waals surface area contributed by atoms with Crippen LogP contribution in [0.4, 0.5) is 5.69 Å². The van der Waals surface area contributed by atoms with Gasteiger partial charge in [0, 0.05) is 34.4 Å². The zero-order chi connectivity index (χ0) is 29.5. The van der Waals surface area contributed by atoms with Gasteiger partial charge in [-0.25, -0.2) is 0 Å². The summed E-state index contributed by atoms with van der Waals surface area (Å²) in [5.74, 6) is 0.577. The van der Waals surface area contributed by atoms with Crippen molar-refractivity contribution in [3.05, 3.63) is 99.7 Å². The number of carbonyl (C=O) groups excluding carboxylic acids is 1. The number of amidine groups is 1. The Morgan fingerprint density at radius 2 is 1.66 bits per heavy atom. The van der Waals surface area contributed by atoms with E-state index >= 15 is 0 Å². The van der Waals surface area contributed by atoms with Crippen molar-refractivity contribution in [2.45, 2.75) is 32.6 Å². The van der Waals surface area contributed by atoms with Crippen LogP contribution >= 0.6 is 11.6 Å². The molecule has 0 saturated heterocycles. The van der Waals surface area contributed by atoms with Gasteiger partial charge in [-0.1, -0.05) is 49.7 Å². The smallest absolute Gasteiger partial charge is 0.164 e. The van der Waals surface area contributed by atoms with Gasteiger partial charge in [-0.15, -0.1) is 0 Å². The fourth-order valence-corrected chi connectivity index (χ4v) is 6.09. The van der Waals surface area contributed by atoms with Gasteiger partial charge in [-0.2, -0.15) is 0 Å². The van der Waals surface area contributed by atoms with Crippen LogP contribution in [0.1, 0.15) is 43.7 Å². The van der Waals surface area contributed by atoms with Crippen molar-refractivity contribution in [2.75, 3.05) is 26.2 Å². The minimum absolute atomic E-state index is 0.0190. The lowest BCUT2D eigenvalue weighted by Crippen LogP contribution is -2.45. The highest BCUT2D eigenvalue weighted by Gasteiger charge is 2.48. The molecule has 1 unspecified atom stereocenters. The summed E-state index contributed by atoms with van der Waals surface area (Å²) in [4.78, 5) is 15.9. The van der Waals surface area contributed by atoms with Crippen molar-refractivity contribution in [3.63, 3.8) is 0 Å². The van der Waals surface area contributed by atoms with Crippen molar-refractivity contribution in [3.8, 4) is 17.2 Å². The van der Waals surface area contributed by atoms with E-state index in [2.05, 4.69) is 0 Å². The van der Waals surface area contributed by atoms with Gasteiger partial charge >= 0.3 is 0 Å². The minimum atomic E-state index is -0.799. The van der Waals surface area contributed by atoms with E-state index in [1.165, 1.54) is 0 Å². The van der Waals surface area contributed by atoms with Crippen LogP contribution in [0.2, 0.25) is 5.02 Å². The fraction of sp³-hybridized carbons (Fsp3) is 0.273. The molecule has 1 aliphatic heterocycles. The summed E-state index contributed by atoms with van der Waals surface area (Å²) < 4.78 is 16.7. The highest BCUT2D eigenvalue weighted by atomic mass is 35.5. The molecule has 41 heavy (non-hydrogen) atoms. The van der Waals surface area contributed by atoms with Crippen molar-refractivity contribution in [1.29, 1.82) is 5.41 Å². The third kappa shape index (κ3) is 4.95. The van der Waals surface area contributed by atoms with Crippen LogP contribution in [0.5, 0.6) is 17.2 Å². The maximum atomic E-state index is 14.2. The van der Waals surface area contributed by atoms with Crippen LogP contribution in [0.15, 0.2) is 83.6 Å². The Morgan fingerprint density at radius 1 is 0.951 bits per heavy atom. The molecule has 0 radical (unpaired) electrons. The Bertz CT molecular complexity index is 1590. The highest BCUT2D eigenvalue weighted by molar-refractivity contribution is 6.34. The number of carbonyl (C=O) groups is 1.